The number of aromatic nitrogens is 2. The van der Waals surface area contributed by atoms with Crippen molar-refractivity contribution < 1.29 is 9.53 Å². The Hall–Kier alpha value is -1.65. The summed E-state index contributed by atoms with van der Waals surface area (Å²) in [5, 5.41) is 7.72. The Bertz CT molecular complexity index is 460. The molecule has 1 saturated carbocycles. The number of carbonyl (C=O) groups excluding carboxylic acids is 1. The second-order valence-electron chi connectivity index (χ2n) is 6.12. The number of hydrogen-bond donors (Lipinski definition) is 0. The third-order valence-electron chi connectivity index (χ3n) is 4.57. The first-order valence-electron chi connectivity index (χ1n) is 8.03. The summed E-state index contributed by atoms with van der Waals surface area (Å²) in [5.74, 6) is 1.61. The summed E-state index contributed by atoms with van der Waals surface area (Å²) in [4.78, 5) is 14.2. The topological polar surface area (TPSA) is 55.3 Å². The molecule has 5 heteroatoms. The zero-order valence-corrected chi connectivity index (χ0v) is 12.4. The molecule has 0 spiro atoms. The molecule has 3 rings (SSSR count). The van der Waals surface area contributed by atoms with Crippen LogP contribution in [0.3, 0.4) is 0 Å². The molecule has 5 nitrogen and oxygen atoms in total. The minimum atomic E-state index is 0.0529. The molecule has 1 aliphatic heterocycles. The number of nitrogens with zero attached hydrogens (tertiary/aromatic N) is 3. The normalized spacial score (nSPS) is 22.7. The standard InChI is InChI=1S/C16H23N3O2/c20-16(8-7-13-4-1-2-5-13)19-11-9-14(12-19)21-15-6-3-10-17-18-15/h3,6,10,13-14H,1-2,4-5,7-9,11-12H2/t14-/m1/s1. The number of likely N-dealkylation sites (tertiary alicyclic amines) is 1. The lowest BCUT2D eigenvalue weighted by atomic mass is 10.0. The van der Waals surface area contributed by atoms with Crippen molar-refractivity contribution >= 4 is 5.91 Å². The average Bonchev–Trinajstić information content (AvgIpc) is 3.17. The maximum atomic E-state index is 12.2. The van der Waals surface area contributed by atoms with E-state index in [2.05, 4.69) is 10.2 Å². The Balaban J connectivity index is 1.42. The Kier molecular flexibility index (Phi) is 4.68. The molecule has 0 N–H and O–H groups in total. The van der Waals surface area contributed by atoms with Crippen molar-refractivity contribution in [1.82, 2.24) is 15.1 Å². The predicted octanol–water partition coefficient (Wildman–Crippen LogP) is 2.43. The van der Waals surface area contributed by atoms with E-state index in [9.17, 15) is 4.79 Å². The second-order valence-corrected chi connectivity index (χ2v) is 6.12. The van der Waals surface area contributed by atoms with Crippen LogP contribution in [0.15, 0.2) is 18.3 Å². The third-order valence-corrected chi connectivity index (χ3v) is 4.57. The molecule has 0 bridgehead atoms. The van der Waals surface area contributed by atoms with Crippen LogP contribution in [0.4, 0.5) is 0 Å². The summed E-state index contributed by atoms with van der Waals surface area (Å²) in [7, 11) is 0. The van der Waals surface area contributed by atoms with Gasteiger partial charge in [-0.25, -0.2) is 0 Å². The number of hydrogen-bond acceptors (Lipinski definition) is 4. The van der Waals surface area contributed by atoms with Crippen LogP contribution in [-0.2, 0) is 4.79 Å². The van der Waals surface area contributed by atoms with Crippen molar-refractivity contribution in [3.8, 4) is 5.88 Å². The van der Waals surface area contributed by atoms with E-state index in [0.29, 0.717) is 18.8 Å². The smallest absolute Gasteiger partial charge is 0.233 e. The van der Waals surface area contributed by atoms with E-state index in [0.717, 1.165) is 25.3 Å². The SMILES string of the molecule is O=C(CCC1CCCC1)N1CC[C@@H](Oc2cccnn2)C1. The highest BCUT2D eigenvalue weighted by Crippen LogP contribution is 2.29. The van der Waals surface area contributed by atoms with Gasteiger partial charge >= 0.3 is 0 Å². The van der Waals surface area contributed by atoms with Crippen LogP contribution in [0.1, 0.15) is 44.9 Å². The molecule has 2 heterocycles. The minimum absolute atomic E-state index is 0.0529. The molecule has 1 amide bonds. The fourth-order valence-corrected chi connectivity index (χ4v) is 3.36. The first-order chi connectivity index (χ1) is 10.3. The van der Waals surface area contributed by atoms with Crippen molar-refractivity contribution in [2.24, 2.45) is 5.92 Å². The van der Waals surface area contributed by atoms with Crippen LogP contribution in [0.5, 0.6) is 5.88 Å². The van der Waals surface area contributed by atoms with Crippen molar-refractivity contribution in [2.75, 3.05) is 13.1 Å². The number of ether oxygens (including phenoxy) is 1. The zero-order chi connectivity index (χ0) is 14.5. The summed E-state index contributed by atoms with van der Waals surface area (Å²) in [6, 6.07) is 3.61. The lowest BCUT2D eigenvalue weighted by Gasteiger charge is -2.18. The highest BCUT2D eigenvalue weighted by atomic mass is 16.5. The average molecular weight is 289 g/mol. The van der Waals surface area contributed by atoms with Gasteiger partial charge in [-0.05, 0) is 18.4 Å². The largest absolute Gasteiger partial charge is 0.471 e. The highest BCUT2D eigenvalue weighted by Gasteiger charge is 2.28. The third kappa shape index (κ3) is 3.93. The van der Waals surface area contributed by atoms with Crippen molar-refractivity contribution in [1.29, 1.82) is 0 Å². The van der Waals surface area contributed by atoms with Crippen molar-refractivity contribution in [3.63, 3.8) is 0 Å². The predicted molar refractivity (Wildman–Crippen MR) is 78.8 cm³/mol. The van der Waals surface area contributed by atoms with Gasteiger partial charge in [0, 0.05) is 31.6 Å². The van der Waals surface area contributed by atoms with E-state index in [4.69, 9.17) is 4.74 Å². The molecule has 0 aromatic carbocycles. The molecule has 1 atom stereocenters. The van der Waals surface area contributed by atoms with Gasteiger partial charge in [0.15, 0.2) is 0 Å². The van der Waals surface area contributed by atoms with E-state index in [1.807, 2.05) is 11.0 Å². The molecular weight excluding hydrogens is 266 g/mol. The lowest BCUT2D eigenvalue weighted by Crippen LogP contribution is -2.31. The number of carbonyl (C=O) groups is 1. The van der Waals surface area contributed by atoms with Crippen LogP contribution in [0.2, 0.25) is 0 Å². The molecule has 2 fully saturated rings. The van der Waals surface area contributed by atoms with Gasteiger partial charge in [-0.3, -0.25) is 4.79 Å². The van der Waals surface area contributed by atoms with E-state index in [-0.39, 0.29) is 12.0 Å². The number of amides is 1. The lowest BCUT2D eigenvalue weighted by molar-refractivity contribution is -0.130. The summed E-state index contributed by atoms with van der Waals surface area (Å²) in [6.45, 7) is 1.48. The molecular formula is C16H23N3O2. The molecule has 21 heavy (non-hydrogen) atoms. The molecule has 2 aliphatic rings. The fraction of sp³-hybridized carbons (Fsp3) is 0.688. The molecule has 0 unspecified atom stereocenters. The summed E-state index contributed by atoms with van der Waals surface area (Å²) < 4.78 is 5.77. The molecule has 0 radical (unpaired) electrons. The van der Waals surface area contributed by atoms with Gasteiger partial charge in [-0.2, -0.15) is 5.10 Å². The Labute approximate surface area is 125 Å². The Morgan fingerprint density at radius 2 is 2.19 bits per heavy atom. The van der Waals surface area contributed by atoms with Crippen molar-refractivity contribution in [2.45, 2.75) is 51.0 Å². The van der Waals surface area contributed by atoms with Gasteiger partial charge in [0.1, 0.15) is 6.10 Å². The van der Waals surface area contributed by atoms with Crippen LogP contribution in [0, 0.1) is 5.92 Å². The van der Waals surface area contributed by atoms with Crippen LogP contribution < -0.4 is 4.74 Å². The maximum absolute atomic E-state index is 12.2. The highest BCUT2D eigenvalue weighted by molar-refractivity contribution is 5.76. The van der Waals surface area contributed by atoms with Gasteiger partial charge in [0.25, 0.3) is 0 Å². The zero-order valence-electron chi connectivity index (χ0n) is 12.4. The summed E-state index contributed by atoms with van der Waals surface area (Å²) >= 11 is 0. The van der Waals surface area contributed by atoms with Gasteiger partial charge in [0.2, 0.25) is 11.8 Å². The van der Waals surface area contributed by atoms with Gasteiger partial charge in [0.05, 0.1) is 6.54 Å². The van der Waals surface area contributed by atoms with Crippen LogP contribution in [0.25, 0.3) is 0 Å². The number of rotatable bonds is 5. The second kappa shape index (κ2) is 6.87. The van der Waals surface area contributed by atoms with Gasteiger partial charge < -0.3 is 9.64 Å². The molecule has 1 aliphatic carbocycles. The molecule has 1 aromatic rings. The maximum Gasteiger partial charge on any atom is 0.233 e. The van der Waals surface area contributed by atoms with E-state index in [1.54, 1.807) is 12.3 Å². The minimum Gasteiger partial charge on any atom is -0.471 e. The van der Waals surface area contributed by atoms with E-state index < -0.39 is 0 Å². The Morgan fingerprint density at radius 1 is 1.33 bits per heavy atom. The quantitative estimate of drug-likeness (QED) is 0.835. The van der Waals surface area contributed by atoms with E-state index in [1.165, 1.54) is 25.7 Å². The summed E-state index contributed by atoms with van der Waals surface area (Å²) in [5.41, 5.74) is 0. The van der Waals surface area contributed by atoms with Crippen molar-refractivity contribution in [3.05, 3.63) is 18.3 Å². The molecule has 1 saturated heterocycles. The van der Waals surface area contributed by atoms with Crippen LogP contribution >= 0.6 is 0 Å². The first kappa shape index (κ1) is 14.3. The first-order valence-corrected chi connectivity index (χ1v) is 8.03. The molecule has 114 valence electrons. The van der Waals surface area contributed by atoms with Gasteiger partial charge in [-0.15, -0.1) is 5.10 Å². The molecule has 1 aromatic heterocycles. The van der Waals surface area contributed by atoms with Crippen LogP contribution in [-0.4, -0.2) is 40.2 Å². The Morgan fingerprint density at radius 3 is 2.95 bits per heavy atom. The monoisotopic (exact) mass is 289 g/mol. The summed E-state index contributed by atoms with van der Waals surface area (Å²) in [6.07, 6.45) is 9.63. The van der Waals surface area contributed by atoms with E-state index >= 15 is 0 Å². The van der Waals surface area contributed by atoms with Gasteiger partial charge in [-0.1, -0.05) is 25.7 Å². The fourth-order valence-electron chi connectivity index (χ4n) is 3.36.